The van der Waals surface area contributed by atoms with E-state index in [9.17, 15) is 14.9 Å². The van der Waals surface area contributed by atoms with Gasteiger partial charge >= 0.3 is 0 Å². The minimum Gasteiger partial charge on any atom is -0.496 e. The lowest BCUT2D eigenvalue weighted by molar-refractivity contribution is -0.384. The van der Waals surface area contributed by atoms with Crippen molar-refractivity contribution in [3.05, 3.63) is 58.1 Å². The Balaban J connectivity index is 1.82. The van der Waals surface area contributed by atoms with Gasteiger partial charge in [-0.05, 0) is 43.5 Å². The van der Waals surface area contributed by atoms with E-state index >= 15 is 0 Å². The van der Waals surface area contributed by atoms with Gasteiger partial charge in [0, 0.05) is 12.2 Å². The van der Waals surface area contributed by atoms with Crippen molar-refractivity contribution >= 4 is 23.0 Å². The molecule has 0 bridgehead atoms. The lowest BCUT2D eigenvalue weighted by atomic mass is 10.00. The molecule has 2 aromatic carbocycles. The first-order chi connectivity index (χ1) is 12.5. The lowest BCUT2D eigenvalue weighted by Crippen LogP contribution is -2.44. The number of methoxy groups -OCH3 is 1. The maximum atomic E-state index is 12.7. The number of benzene rings is 2. The van der Waals surface area contributed by atoms with E-state index in [4.69, 9.17) is 4.74 Å². The Labute approximate surface area is 151 Å². The van der Waals surface area contributed by atoms with E-state index in [2.05, 4.69) is 11.4 Å². The van der Waals surface area contributed by atoms with E-state index in [1.54, 1.807) is 6.07 Å². The molecule has 0 fully saturated rings. The van der Waals surface area contributed by atoms with Gasteiger partial charge in [0.2, 0.25) is 5.91 Å². The average molecular weight is 355 g/mol. The molecule has 7 heteroatoms. The predicted octanol–water partition coefficient (Wildman–Crippen LogP) is 3.38. The molecule has 26 heavy (non-hydrogen) atoms. The third-order valence-corrected chi connectivity index (χ3v) is 4.65. The number of nitrogens with zero attached hydrogens (tertiary/aromatic N) is 2. The van der Waals surface area contributed by atoms with Crippen LogP contribution in [0.4, 0.5) is 17.1 Å². The number of carbonyl (C=O) groups is 1. The Hall–Kier alpha value is -3.09. The smallest absolute Gasteiger partial charge is 0.296 e. The number of hydrogen-bond donors (Lipinski definition) is 1. The summed E-state index contributed by atoms with van der Waals surface area (Å²) in [6.45, 7) is 2.59. The fourth-order valence-electron chi connectivity index (χ4n) is 3.24. The van der Waals surface area contributed by atoms with Crippen LogP contribution in [-0.4, -0.2) is 30.5 Å². The standard InChI is InChI=1S/C19H21N3O4/c1-13(21-11-5-7-14-6-3-4-8-17(14)21)19(23)20-16-10-9-15(26-2)12-18(16)22(24)25/h3-4,6,8-10,12-13H,5,7,11H2,1-2H3,(H,20,23). The third kappa shape index (κ3) is 3.46. The molecule has 0 aromatic heterocycles. The van der Waals surface area contributed by atoms with Crippen molar-refractivity contribution in [2.75, 3.05) is 23.9 Å². The zero-order chi connectivity index (χ0) is 18.7. The number of carbonyl (C=O) groups excluding carboxylic acids is 1. The Bertz CT molecular complexity index is 837. The number of aryl methyl sites for hydroxylation is 1. The van der Waals surface area contributed by atoms with Crippen LogP contribution in [0.25, 0.3) is 0 Å². The number of nitro groups is 1. The third-order valence-electron chi connectivity index (χ3n) is 4.65. The highest BCUT2D eigenvalue weighted by Crippen LogP contribution is 2.31. The minimum absolute atomic E-state index is 0.165. The molecule has 1 amide bonds. The summed E-state index contributed by atoms with van der Waals surface area (Å²) in [5.41, 5.74) is 2.24. The van der Waals surface area contributed by atoms with Crippen LogP contribution < -0.4 is 15.0 Å². The van der Waals surface area contributed by atoms with Crippen LogP contribution in [0.2, 0.25) is 0 Å². The first-order valence-corrected chi connectivity index (χ1v) is 8.49. The molecule has 1 unspecified atom stereocenters. The number of fused-ring (bicyclic) bond motifs is 1. The zero-order valence-electron chi connectivity index (χ0n) is 14.8. The molecule has 0 saturated heterocycles. The summed E-state index contributed by atoms with van der Waals surface area (Å²) in [7, 11) is 1.44. The minimum atomic E-state index is -0.529. The average Bonchev–Trinajstić information content (AvgIpc) is 2.67. The number of nitrogens with one attached hydrogen (secondary N) is 1. The molecule has 0 spiro atoms. The molecular formula is C19H21N3O4. The fraction of sp³-hybridized carbons (Fsp3) is 0.316. The van der Waals surface area contributed by atoms with Crippen molar-refractivity contribution in [2.45, 2.75) is 25.8 Å². The van der Waals surface area contributed by atoms with E-state index in [1.165, 1.54) is 24.8 Å². The summed E-state index contributed by atoms with van der Waals surface area (Å²) in [5.74, 6) is 0.0858. The number of amides is 1. The maximum absolute atomic E-state index is 12.7. The molecule has 1 N–H and O–H groups in total. The second-order valence-corrected chi connectivity index (χ2v) is 6.23. The highest BCUT2D eigenvalue weighted by atomic mass is 16.6. The van der Waals surface area contributed by atoms with Gasteiger partial charge in [-0.2, -0.15) is 0 Å². The molecule has 136 valence electrons. The molecule has 1 aliphatic heterocycles. The van der Waals surface area contributed by atoms with Gasteiger partial charge in [-0.3, -0.25) is 14.9 Å². The Morgan fingerprint density at radius 3 is 2.81 bits per heavy atom. The molecule has 1 heterocycles. The van der Waals surface area contributed by atoms with Crippen LogP contribution in [0, 0.1) is 10.1 Å². The second-order valence-electron chi connectivity index (χ2n) is 6.23. The van der Waals surface area contributed by atoms with Gasteiger partial charge < -0.3 is 15.0 Å². The molecule has 1 aliphatic rings. The fourth-order valence-corrected chi connectivity index (χ4v) is 3.24. The largest absolute Gasteiger partial charge is 0.496 e. The number of hydrogen-bond acceptors (Lipinski definition) is 5. The summed E-state index contributed by atoms with van der Waals surface area (Å²) >= 11 is 0. The van der Waals surface area contributed by atoms with Crippen LogP contribution >= 0.6 is 0 Å². The predicted molar refractivity (Wildman–Crippen MR) is 99.8 cm³/mol. The maximum Gasteiger partial charge on any atom is 0.296 e. The number of ether oxygens (including phenoxy) is 1. The Morgan fingerprint density at radius 1 is 1.31 bits per heavy atom. The van der Waals surface area contributed by atoms with E-state index < -0.39 is 11.0 Å². The van der Waals surface area contributed by atoms with E-state index in [0.717, 1.165) is 25.1 Å². The molecule has 0 saturated carbocycles. The van der Waals surface area contributed by atoms with Crippen LogP contribution in [-0.2, 0) is 11.2 Å². The van der Waals surface area contributed by atoms with Gasteiger partial charge in [0.25, 0.3) is 5.69 Å². The summed E-state index contributed by atoms with van der Waals surface area (Å²) < 4.78 is 5.02. The number of rotatable bonds is 5. The van der Waals surface area contributed by atoms with Crippen LogP contribution in [0.5, 0.6) is 5.75 Å². The summed E-state index contributed by atoms with van der Waals surface area (Å²) in [6.07, 6.45) is 1.96. The van der Waals surface area contributed by atoms with Crippen molar-refractivity contribution < 1.29 is 14.5 Å². The summed E-state index contributed by atoms with van der Waals surface area (Å²) in [4.78, 5) is 25.6. The van der Waals surface area contributed by atoms with Crippen molar-refractivity contribution in [2.24, 2.45) is 0 Å². The van der Waals surface area contributed by atoms with E-state index in [1.807, 2.05) is 30.0 Å². The molecule has 0 aliphatic carbocycles. The SMILES string of the molecule is COc1ccc(NC(=O)C(C)N2CCCc3ccccc32)c([N+](=O)[O-])c1. The Morgan fingerprint density at radius 2 is 2.08 bits per heavy atom. The topological polar surface area (TPSA) is 84.7 Å². The molecule has 1 atom stereocenters. The number of anilines is 2. The first kappa shape index (κ1) is 17.7. The van der Waals surface area contributed by atoms with Gasteiger partial charge in [0.05, 0.1) is 18.1 Å². The number of nitro benzene ring substituents is 1. The first-order valence-electron chi connectivity index (χ1n) is 8.49. The van der Waals surface area contributed by atoms with Crippen molar-refractivity contribution in [3.63, 3.8) is 0 Å². The van der Waals surface area contributed by atoms with Gasteiger partial charge in [-0.15, -0.1) is 0 Å². The highest BCUT2D eigenvalue weighted by Gasteiger charge is 2.27. The molecule has 7 nitrogen and oxygen atoms in total. The van der Waals surface area contributed by atoms with Gasteiger partial charge in [-0.25, -0.2) is 0 Å². The monoisotopic (exact) mass is 355 g/mol. The van der Waals surface area contributed by atoms with Gasteiger partial charge in [-0.1, -0.05) is 18.2 Å². The van der Waals surface area contributed by atoms with Crippen molar-refractivity contribution in [3.8, 4) is 5.75 Å². The lowest BCUT2D eigenvalue weighted by Gasteiger charge is -2.35. The number of para-hydroxylation sites is 1. The van der Waals surface area contributed by atoms with Crippen LogP contribution in [0.15, 0.2) is 42.5 Å². The van der Waals surface area contributed by atoms with Gasteiger partial charge in [0.1, 0.15) is 17.5 Å². The molecule has 3 rings (SSSR count). The van der Waals surface area contributed by atoms with Crippen LogP contribution in [0.1, 0.15) is 18.9 Å². The van der Waals surface area contributed by atoms with Crippen LogP contribution in [0.3, 0.4) is 0 Å². The van der Waals surface area contributed by atoms with E-state index in [-0.39, 0.29) is 17.3 Å². The normalized spacial score (nSPS) is 14.3. The van der Waals surface area contributed by atoms with Crippen molar-refractivity contribution in [1.82, 2.24) is 0 Å². The van der Waals surface area contributed by atoms with Crippen molar-refractivity contribution in [1.29, 1.82) is 0 Å². The molecular weight excluding hydrogens is 334 g/mol. The molecule has 0 radical (unpaired) electrons. The summed E-state index contributed by atoms with van der Waals surface area (Å²) in [6, 6.07) is 12.0. The Kier molecular flexibility index (Phi) is 5.06. The van der Waals surface area contributed by atoms with Gasteiger partial charge in [0.15, 0.2) is 0 Å². The summed E-state index contributed by atoms with van der Waals surface area (Å²) in [5, 5.41) is 14.0. The zero-order valence-corrected chi connectivity index (χ0v) is 14.8. The highest BCUT2D eigenvalue weighted by molar-refractivity contribution is 5.98. The quantitative estimate of drug-likeness (QED) is 0.656. The van der Waals surface area contributed by atoms with E-state index in [0.29, 0.717) is 5.75 Å². The second kappa shape index (κ2) is 7.43. The molecule has 2 aromatic rings.